The van der Waals surface area contributed by atoms with Crippen LogP contribution in [-0.4, -0.2) is 18.6 Å². The molecule has 2 amide bonds. The van der Waals surface area contributed by atoms with Crippen LogP contribution in [0.4, 0.5) is 23.7 Å². The maximum absolute atomic E-state index is 12.4. The van der Waals surface area contributed by atoms with Crippen LogP contribution in [0.2, 0.25) is 10.0 Å². The molecule has 0 aliphatic rings. The molecule has 0 aromatic heterocycles. The minimum absolute atomic E-state index is 0.0160. The van der Waals surface area contributed by atoms with Crippen LogP contribution in [0.25, 0.3) is 0 Å². The maximum atomic E-state index is 12.4. The van der Waals surface area contributed by atoms with Crippen molar-refractivity contribution in [3.05, 3.63) is 45.9 Å². The van der Waals surface area contributed by atoms with Crippen LogP contribution in [-0.2, 0) is 0 Å². The van der Waals surface area contributed by atoms with Gasteiger partial charge in [-0.3, -0.25) is 0 Å². The van der Waals surface area contributed by atoms with Gasteiger partial charge in [-0.2, -0.15) is 13.2 Å². The monoisotopic (exact) mass is 424 g/mol. The van der Waals surface area contributed by atoms with E-state index in [0.29, 0.717) is 11.3 Å². The highest BCUT2D eigenvalue weighted by atomic mass is 35.5. The first-order chi connectivity index (χ1) is 12.1. The molecule has 0 bridgehead atoms. The van der Waals surface area contributed by atoms with Gasteiger partial charge < -0.3 is 15.4 Å². The number of ether oxygens (including phenoxy) is 1. The number of carbonyl (C=O) groups is 1. The molecule has 10 heteroatoms. The van der Waals surface area contributed by atoms with E-state index >= 15 is 0 Å². The van der Waals surface area contributed by atoms with Crippen molar-refractivity contribution in [2.75, 3.05) is 12.4 Å². The fraction of sp³-hybridized carbons (Fsp3) is 0.188. The van der Waals surface area contributed by atoms with Crippen molar-refractivity contribution >= 4 is 46.7 Å². The summed E-state index contributed by atoms with van der Waals surface area (Å²) in [7, 11) is 1.48. The lowest BCUT2D eigenvalue weighted by Crippen LogP contribution is -2.24. The number of thioether (sulfide) groups is 1. The van der Waals surface area contributed by atoms with Crippen LogP contribution in [0, 0.1) is 6.92 Å². The van der Waals surface area contributed by atoms with Gasteiger partial charge in [-0.15, -0.1) is 0 Å². The van der Waals surface area contributed by atoms with Crippen molar-refractivity contribution in [3.63, 3.8) is 0 Å². The molecule has 0 heterocycles. The second-order valence-electron chi connectivity index (χ2n) is 5.05. The van der Waals surface area contributed by atoms with Gasteiger partial charge in [-0.05, 0) is 54.6 Å². The molecule has 0 spiro atoms. The van der Waals surface area contributed by atoms with Crippen molar-refractivity contribution in [2.45, 2.75) is 17.3 Å². The van der Waals surface area contributed by atoms with E-state index in [-0.39, 0.29) is 38.2 Å². The summed E-state index contributed by atoms with van der Waals surface area (Å²) >= 11 is 11.9. The summed E-state index contributed by atoms with van der Waals surface area (Å²) in [5.41, 5.74) is -3.34. The first kappa shape index (κ1) is 20.5. The number of rotatable bonds is 4. The number of anilines is 1. The average molecular weight is 425 g/mol. The number of benzene rings is 2. The molecule has 0 saturated carbocycles. The highest BCUT2D eigenvalue weighted by molar-refractivity contribution is 8.00. The van der Waals surface area contributed by atoms with E-state index in [1.165, 1.54) is 31.3 Å². The Morgan fingerprint density at radius 3 is 2.38 bits per heavy atom. The Morgan fingerprint density at radius 2 is 1.85 bits per heavy atom. The van der Waals surface area contributed by atoms with Crippen molar-refractivity contribution in [1.29, 1.82) is 0 Å². The van der Waals surface area contributed by atoms with Gasteiger partial charge in [0.2, 0.25) is 0 Å². The highest BCUT2D eigenvalue weighted by Gasteiger charge is 2.29. The number of hydrogen-bond donors (Lipinski definition) is 2. The van der Waals surface area contributed by atoms with Crippen LogP contribution < -0.4 is 15.4 Å². The van der Waals surface area contributed by atoms with Crippen molar-refractivity contribution in [2.24, 2.45) is 0 Å². The zero-order valence-corrected chi connectivity index (χ0v) is 15.8. The van der Waals surface area contributed by atoms with E-state index in [9.17, 15) is 18.0 Å². The third-order valence-electron chi connectivity index (χ3n) is 3.06. The summed E-state index contributed by atoms with van der Waals surface area (Å²) in [6, 6.07) is 6.47. The van der Waals surface area contributed by atoms with E-state index in [1.54, 1.807) is 13.0 Å². The summed E-state index contributed by atoms with van der Waals surface area (Å²) in [5, 5.41) is 5.22. The van der Waals surface area contributed by atoms with Gasteiger partial charge in [0.15, 0.2) is 0 Å². The Kier molecular flexibility index (Phi) is 6.54. The molecule has 140 valence electrons. The smallest absolute Gasteiger partial charge is 0.446 e. The zero-order valence-electron chi connectivity index (χ0n) is 13.5. The first-order valence-electron chi connectivity index (χ1n) is 7.11. The van der Waals surface area contributed by atoms with Crippen molar-refractivity contribution in [3.8, 4) is 11.5 Å². The quantitative estimate of drug-likeness (QED) is 0.553. The Hall–Kier alpha value is -1.77. The SMILES string of the molecule is CNC(=O)Nc1cc(C)c(Oc2ccc(SC(F)(F)F)cc2Cl)c(Cl)c1. The number of urea groups is 1. The predicted octanol–water partition coefficient (Wildman–Crippen LogP) is 6.46. The maximum Gasteiger partial charge on any atom is 0.446 e. The number of nitrogens with one attached hydrogen (secondary N) is 2. The van der Waals surface area contributed by atoms with E-state index in [1.807, 2.05) is 0 Å². The predicted molar refractivity (Wildman–Crippen MR) is 97.7 cm³/mol. The first-order valence-corrected chi connectivity index (χ1v) is 8.68. The minimum atomic E-state index is -4.40. The Bertz CT molecular complexity index is 809. The van der Waals surface area contributed by atoms with Crippen LogP contribution in [0.5, 0.6) is 11.5 Å². The zero-order chi connectivity index (χ0) is 19.5. The molecule has 2 N–H and O–H groups in total. The molecular weight excluding hydrogens is 412 g/mol. The number of halogens is 5. The molecule has 26 heavy (non-hydrogen) atoms. The van der Waals surface area contributed by atoms with Crippen LogP contribution in [0.1, 0.15) is 5.56 Å². The third-order valence-corrected chi connectivity index (χ3v) is 4.36. The number of carbonyl (C=O) groups excluding carboxylic acids is 1. The second-order valence-corrected chi connectivity index (χ2v) is 7.00. The summed E-state index contributed by atoms with van der Waals surface area (Å²) in [5.74, 6) is 0.447. The van der Waals surface area contributed by atoms with Crippen LogP contribution in [0.15, 0.2) is 35.2 Å². The molecule has 2 rings (SSSR count). The molecule has 2 aromatic carbocycles. The molecular formula is C16H13Cl2F3N2O2S. The van der Waals surface area contributed by atoms with Gasteiger partial charge in [0.05, 0.1) is 10.0 Å². The van der Waals surface area contributed by atoms with Gasteiger partial charge in [-0.1, -0.05) is 23.2 Å². The normalized spacial score (nSPS) is 11.2. The van der Waals surface area contributed by atoms with Crippen molar-refractivity contribution < 1.29 is 22.7 Å². The average Bonchev–Trinajstić information content (AvgIpc) is 2.51. The summed E-state index contributed by atoms with van der Waals surface area (Å²) in [6.45, 7) is 1.71. The Balaban J connectivity index is 2.24. The Labute approximate surface area is 162 Å². The molecule has 0 unspecified atom stereocenters. The van der Waals surface area contributed by atoms with Gasteiger partial charge >= 0.3 is 11.5 Å². The lowest BCUT2D eigenvalue weighted by molar-refractivity contribution is -0.0328. The molecule has 4 nitrogen and oxygen atoms in total. The summed E-state index contributed by atoms with van der Waals surface area (Å²) < 4.78 is 42.9. The van der Waals surface area contributed by atoms with Crippen LogP contribution in [0.3, 0.4) is 0 Å². The third kappa shape index (κ3) is 5.62. The molecule has 0 aliphatic carbocycles. The van der Waals surface area contributed by atoms with E-state index < -0.39 is 11.5 Å². The van der Waals surface area contributed by atoms with Gasteiger partial charge in [-0.25, -0.2) is 4.79 Å². The fourth-order valence-electron chi connectivity index (χ4n) is 2.00. The standard InChI is InChI=1S/C16H13Cl2F3N2O2S/c1-8-5-9(23-15(24)22-2)6-12(18)14(8)25-13-4-3-10(7-11(13)17)26-16(19,20)21/h3-7H,1-2H3,(H2,22,23,24). The molecule has 0 fully saturated rings. The van der Waals surface area contributed by atoms with Gasteiger partial charge in [0, 0.05) is 17.6 Å². The number of hydrogen-bond acceptors (Lipinski definition) is 3. The van der Waals surface area contributed by atoms with Gasteiger partial charge in [0.25, 0.3) is 0 Å². The van der Waals surface area contributed by atoms with Crippen LogP contribution >= 0.6 is 35.0 Å². The number of aryl methyl sites for hydroxylation is 1. The summed E-state index contributed by atoms with van der Waals surface area (Å²) in [4.78, 5) is 11.3. The lowest BCUT2D eigenvalue weighted by atomic mass is 10.2. The summed E-state index contributed by atoms with van der Waals surface area (Å²) in [6.07, 6.45) is 0. The van der Waals surface area contributed by atoms with E-state index in [4.69, 9.17) is 27.9 Å². The second kappa shape index (κ2) is 8.28. The van der Waals surface area contributed by atoms with Crippen molar-refractivity contribution in [1.82, 2.24) is 5.32 Å². The largest absolute Gasteiger partial charge is 0.454 e. The Morgan fingerprint density at radius 1 is 1.15 bits per heavy atom. The lowest BCUT2D eigenvalue weighted by Gasteiger charge is -2.15. The molecule has 0 atom stereocenters. The minimum Gasteiger partial charge on any atom is -0.454 e. The number of amides is 2. The molecule has 2 aromatic rings. The van der Waals surface area contributed by atoms with E-state index in [2.05, 4.69) is 10.6 Å². The van der Waals surface area contributed by atoms with Gasteiger partial charge in [0.1, 0.15) is 11.5 Å². The number of alkyl halides is 3. The topological polar surface area (TPSA) is 50.4 Å². The molecule has 0 radical (unpaired) electrons. The molecule has 0 saturated heterocycles. The molecule has 0 aliphatic heterocycles. The highest BCUT2D eigenvalue weighted by Crippen LogP contribution is 2.42. The fourth-order valence-corrected chi connectivity index (χ4v) is 3.17. The van der Waals surface area contributed by atoms with E-state index in [0.717, 1.165) is 0 Å².